The number of fused-ring (bicyclic) bond motifs is 1. The first kappa shape index (κ1) is 13.6. The van der Waals surface area contributed by atoms with Crippen LogP contribution in [0, 0.1) is 0 Å². The molecule has 0 radical (unpaired) electrons. The van der Waals surface area contributed by atoms with Crippen LogP contribution in [-0.2, 0) is 13.0 Å². The lowest BCUT2D eigenvalue weighted by atomic mass is 9.91. The predicted molar refractivity (Wildman–Crippen MR) is 77.6 cm³/mol. The van der Waals surface area contributed by atoms with E-state index in [-0.39, 0.29) is 18.1 Å². The highest BCUT2D eigenvalue weighted by atomic mass is 16.3. The molecule has 0 aromatic heterocycles. The van der Waals surface area contributed by atoms with Gasteiger partial charge in [-0.25, -0.2) is 0 Å². The first-order valence-electron chi connectivity index (χ1n) is 7.54. The number of hydrogen-bond donors (Lipinski definition) is 3. The van der Waals surface area contributed by atoms with Crippen molar-refractivity contribution in [3.05, 3.63) is 34.9 Å². The number of rotatable bonds is 2. The van der Waals surface area contributed by atoms with E-state index in [0.29, 0.717) is 6.42 Å². The smallest absolute Gasteiger partial charge is 0.251 e. The normalized spacial score (nSPS) is 25.9. The molecule has 1 aromatic carbocycles. The summed E-state index contributed by atoms with van der Waals surface area (Å²) in [5.41, 5.74) is 3.22. The van der Waals surface area contributed by atoms with Crippen LogP contribution in [-0.4, -0.2) is 29.7 Å². The van der Waals surface area contributed by atoms with Gasteiger partial charge in [-0.2, -0.15) is 0 Å². The van der Waals surface area contributed by atoms with Crippen LogP contribution in [0.15, 0.2) is 18.2 Å². The minimum atomic E-state index is -0.261. The molecule has 0 spiro atoms. The molecule has 2 atom stereocenters. The predicted octanol–water partition coefficient (Wildman–Crippen LogP) is 1.37. The molecule has 2 unspecified atom stereocenters. The average Bonchev–Trinajstić information content (AvgIpc) is 2.46. The molecule has 4 nitrogen and oxygen atoms in total. The van der Waals surface area contributed by atoms with Crippen molar-refractivity contribution in [3.63, 3.8) is 0 Å². The minimum Gasteiger partial charge on any atom is -0.393 e. The summed E-state index contributed by atoms with van der Waals surface area (Å²) in [7, 11) is 0. The van der Waals surface area contributed by atoms with Crippen molar-refractivity contribution in [2.24, 2.45) is 0 Å². The number of hydrogen-bond acceptors (Lipinski definition) is 3. The molecule has 3 rings (SSSR count). The summed E-state index contributed by atoms with van der Waals surface area (Å²) in [5, 5.41) is 16.1. The molecule has 108 valence electrons. The van der Waals surface area contributed by atoms with Gasteiger partial charge in [-0.05, 0) is 55.8 Å². The van der Waals surface area contributed by atoms with Crippen LogP contribution in [0.2, 0.25) is 0 Å². The molecule has 3 N–H and O–H groups in total. The van der Waals surface area contributed by atoms with Gasteiger partial charge in [0.25, 0.3) is 5.91 Å². The van der Waals surface area contributed by atoms with Gasteiger partial charge < -0.3 is 15.7 Å². The molecule has 1 heterocycles. The molecule has 1 amide bonds. The van der Waals surface area contributed by atoms with Gasteiger partial charge in [0.15, 0.2) is 0 Å². The summed E-state index contributed by atoms with van der Waals surface area (Å²) in [4.78, 5) is 12.5. The molecular formula is C16H22N2O2. The lowest BCUT2D eigenvalue weighted by molar-refractivity contribution is 0.0849. The number of amides is 1. The number of aliphatic hydroxyl groups is 1. The summed E-state index contributed by atoms with van der Waals surface area (Å²) in [5.74, 6) is 0.0165. The van der Waals surface area contributed by atoms with Gasteiger partial charge in [0.1, 0.15) is 0 Å². The second kappa shape index (κ2) is 5.94. The number of benzene rings is 1. The fourth-order valence-electron chi connectivity index (χ4n) is 3.30. The molecule has 4 heteroatoms. The fourth-order valence-corrected chi connectivity index (χ4v) is 3.30. The number of carbonyl (C=O) groups is 1. The molecule has 0 bridgehead atoms. The third kappa shape index (κ3) is 2.86. The molecule has 20 heavy (non-hydrogen) atoms. The highest BCUT2D eigenvalue weighted by Crippen LogP contribution is 2.21. The van der Waals surface area contributed by atoms with Crippen LogP contribution in [0.25, 0.3) is 0 Å². The van der Waals surface area contributed by atoms with Gasteiger partial charge in [0.2, 0.25) is 0 Å². The molecule has 1 aliphatic carbocycles. The zero-order chi connectivity index (χ0) is 13.9. The Labute approximate surface area is 119 Å². The quantitative estimate of drug-likeness (QED) is 0.763. The van der Waals surface area contributed by atoms with Crippen molar-refractivity contribution in [1.29, 1.82) is 0 Å². The van der Waals surface area contributed by atoms with E-state index in [2.05, 4.69) is 16.7 Å². The van der Waals surface area contributed by atoms with Crippen LogP contribution >= 0.6 is 0 Å². The van der Waals surface area contributed by atoms with Crippen LogP contribution < -0.4 is 10.6 Å². The van der Waals surface area contributed by atoms with E-state index in [9.17, 15) is 9.90 Å². The highest BCUT2D eigenvalue weighted by molar-refractivity contribution is 5.96. The van der Waals surface area contributed by atoms with Gasteiger partial charge in [-0.1, -0.05) is 12.1 Å². The van der Waals surface area contributed by atoms with E-state index in [1.165, 1.54) is 11.1 Å². The maximum atomic E-state index is 12.5. The minimum absolute atomic E-state index is 0.0165. The Morgan fingerprint density at radius 2 is 2.25 bits per heavy atom. The fraction of sp³-hybridized carbons (Fsp3) is 0.562. The van der Waals surface area contributed by atoms with Crippen LogP contribution in [0.4, 0.5) is 0 Å². The van der Waals surface area contributed by atoms with Gasteiger partial charge in [-0.3, -0.25) is 4.79 Å². The summed E-state index contributed by atoms with van der Waals surface area (Å²) >= 11 is 0. The third-order valence-corrected chi connectivity index (χ3v) is 4.37. The van der Waals surface area contributed by atoms with E-state index < -0.39 is 0 Å². The lowest BCUT2D eigenvalue weighted by Crippen LogP contribution is -2.40. The standard InChI is InChI=1S/C16H22N2O2/c19-13-5-2-4-12(9-13)18-16(20)15-6-1-3-11-10-17-8-7-14(11)15/h1,3,6,12-13,17,19H,2,4-5,7-10H2,(H,18,20). The van der Waals surface area contributed by atoms with E-state index in [4.69, 9.17) is 0 Å². The van der Waals surface area contributed by atoms with E-state index in [0.717, 1.165) is 44.3 Å². The summed E-state index contributed by atoms with van der Waals surface area (Å²) in [6, 6.07) is 6.07. The monoisotopic (exact) mass is 274 g/mol. The van der Waals surface area contributed by atoms with Crippen LogP contribution in [0.1, 0.15) is 47.2 Å². The summed E-state index contributed by atoms with van der Waals surface area (Å²) < 4.78 is 0. The van der Waals surface area contributed by atoms with Crippen LogP contribution in [0.5, 0.6) is 0 Å². The first-order valence-corrected chi connectivity index (χ1v) is 7.54. The summed E-state index contributed by atoms with van der Waals surface area (Å²) in [6.07, 6.45) is 4.15. The second-order valence-corrected chi connectivity index (χ2v) is 5.86. The maximum Gasteiger partial charge on any atom is 0.251 e. The largest absolute Gasteiger partial charge is 0.393 e. The molecular weight excluding hydrogens is 252 g/mol. The lowest BCUT2D eigenvalue weighted by Gasteiger charge is -2.27. The van der Waals surface area contributed by atoms with Crippen molar-refractivity contribution in [1.82, 2.24) is 10.6 Å². The topological polar surface area (TPSA) is 61.4 Å². The Kier molecular flexibility index (Phi) is 4.03. The van der Waals surface area contributed by atoms with Crippen molar-refractivity contribution in [2.45, 2.75) is 50.8 Å². The first-order chi connectivity index (χ1) is 9.74. The van der Waals surface area contributed by atoms with Gasteiger partial charge in [0, 0.05) is 18.2 Å². The van der Waals surface area contributed by atoms with Crippen LogP contribution in [0.3, 0.4) is 0 Å². The maximum absolute atomic E-state index is 12.5. The van der Waals surface area contributed by atoms with Crippen molar-refractivity contribution in [3.8, 4) is 0 Å². The van der Waals surface area contributed by atoms with Crippen molar-refractivity contribution >= 4 is 5.91 Å². The Morgan fingerprint density at radius 1 is 1.35 bits per heavy atom. The summed E-state index contributed by atoms with van der Waals surface area (Å²) in [6.45, 7) is 1.78. The molecule has 1 aliphatic heterocycles. The Hall–Kier alpha value is -1.39. The van der Waals surface area contributed by atoms with Gasteiger partial charge in [-0.15, -0.1) is 0 Å². The van der Waals surface area contributed by atoms with E-state index >= 15 is 0 Å². The number of aliphatic hydroxyl groups excluding tert-OH is 1. The Balaban J connectivity index is 1.74. The highest BCUT2D eigenvalue weighted by Gasteiger charge is 2.24. The third-order valence-electron chi connectivity index (χ3n) is 4.37. The number of carbonyl (C=O) groups excluding carboxylic acids is 1. The molecule has 1 fully saturated rings. The van der Waals surface area contributed by atoms with E-state index in [1.54, 1.807) is 0 Å². The molecule has 1 saturated carbocycles. The van der Waals surface area contributed by atoms with E-state index in [1.807, 2.05) is 12.1 Å². The SMILES string of the molecule is O=C(NC1CCCC(O)C1)c1cccc2c1CCNC2. The Morgan fingerprint density at radius 3 is 3.10 bits per heavy atom. The number of nitrogens with one attached hydrogen (secondary N) is 2. The van der Waals surface area contributed by atoms with Crippen molar-refractivity contribution in [2.75, 3.05) is 6.54 Å². The zero-order valence-corrected chi connectivity index (χ0v) is 11.7. The molecule has 0 saturated heterocycles. The van der Waals surface area contributed by atoms with Gasteiger partial charge >= 0.3 is 0 Å². The molecule has 2 aliphatic rings. The second-order valence-electron chi connectivity index (χ2n) is 5.86. The molecule has 1 aromatic rings. The average molecular weight is 274 g/mol. The Bertz CT molecular complexity index is 501. The van der Waals surface area contributed by atoms with Crippen molar-refractivity contribution < 1.29 is 9.90 Å². The zero-order valence-electron chi connectivity index (χ0n) is 11.7. The van der Waals surface area contributed by atoms with Gasteiger partial charge in [0.05, 0.1) is 6.10 Å².